The second-order valence-electron chi connectivity index (χ2n) is 7.87. The number of nitrogens with one attached hydrogen (secondary N) is 1. The van der Waals surface area contributed by atoms with Gasteiger partial charge in [0, 0.05) is 18.3 Å². The summed E-state index contributed by atoms with van der Waals surface area (Å²) >= 11 is 13.5. The number of thioether (sulfide) groups is 1. The van der Waals surface area contributed by atoms with E-state index in [1.807, 2.05) is 12.1 Å². The minimum Gasteiger partial charge on any atom is -0.366 e. The average molecular weight is 458 g/mol. The van der Waals surface area contributed by atoms with Crippen LogP contribution in [-0.4, -0.2) is 23.7 Å². The Kier molecular flexibility index (Phi) is 5.47. The number of aliphatic imine (C=N–C) groups is 1. The summed E-state index contributed by atoms with van der Waals surface area (Å²) in [5.41, 5.74) is 5.04. The zero-order chi connectivity index (χ0) is 21.6. The molecule has 2 aliphatic rings. The van der Waals surface area contributed by atoms with Crippen molar-refractivity contribution in [3.05, 3.63) is 68.6 Å². The number of hydrogen-bond donors (Lipinski definition) is 1. The molecule has 0 bridgehead atoms. The third-order valence-electron chi connectivity index (χ3n) is 5.34. The number of hydrogen-bond acceptors (Lipinski definition) is 4. The molecule has 0 unspecified atom stereocenters. The maximum absolute atomic E-state index is 12.5. The fourth-order valence-corrected chi connectivity index (χ4v) is 4.76. The van der Waals surface area contributed by atoms with E-state index < -0.39 is 0 Å². The fraction of sp³-hybridized carbons (Fsp3) is 0.217. The number of amidine groups is 1. The van der Waals surface area contributed by atoms with Crippen LogP contribution in [-0.2, 0) is 4.79 Å². The second-order valence-corrected chi connectivity index (χ2v) is 9.69. The highest BCUT2D eigenvalue weighted by Crippen LogP contribution is 2.39. The monoisotopic (exact) mass is 457 g/mol. The van der Waals surface area contributed by atoms with Crippen LogP contribution in [0.1, 0.15) is 31.9 Å². The molecule has 0 spiro atoms. The number of nitrogens with zero attached hydrogens (tertiary/aromatic N) is 2. The van der Waals surface area contributed by atoms with Crippen LogP contribution in [0.2, 0.25) is 10.0 Å². The van der Waals surface area contributed by atoms with Crippen molar-refractivity contribution in [1.29, 1.82) is 0 Å². The third-order valence-corrected chi connectivity index (χ3v) is 7.06. The number of halogens is 2. The normalized spacial score (nSPS) is 20.4. The molecule has 1 saturated heterocycles. The van der Waals surface area contributed by atoms with Crippen LogP contribution in [0.15, 0.2) is 52.4 Å². The summed E-state index contributed by atoms with van der Waals surface area (Å²) in [5, 5.41) is 4.06. The SMILES string of the molecule is CC1=CC(C)(C)N(C)c2ccc(/C=C3\SC(=Nc4cccc(Cl)c4Cl)NC3=O)cc21. The van der Waals surface area contributed by atoms with Gasteiger partial charge in [0.2, 0.25) is 0 Å². The molecule has 2 aliphatic heterocycles. The molecule has 0 radical (unpaired) electrons. The Labute approximate surface area is 190 Å². The summed E-state index contributed by atoms with van der Waals surface area (Å²) < 4.78 is 0. The van der Waals surface area contributed by atoms with Gasteiger partial charge in [-0.05, 0) is 74.0 Å². The number of rotatable bonds is 2. The van der Waals surface area contributed by atoms with E-state index in [1.54, 1.807) is 18.2 Å². The van der Waals surface area contributed by atoms with Crippen molar-refractivity contribution in [3.63, 3.8) is 0 Å². The van der Waals surface area contributed by atoms with Gasteiger partial charge in [-0.3, -0.25) is 4.79 Å². The predicted molar refractivity (Wildman–Crippen MR) is 130 cm³/mol. The lowest BCUT2D eigenvalue weighted by Gasteiger charge is -2.40. The Morgan fingerprint density at radius 3 is 2.73 bits per heavy atom. The molecule has 0 atom stereocenters. The van der Waals surface area contributed by atoms with E-state index in [2.05, 4.69) is 61.2 Å². The van der Waals surface area contributed by atoms with Crippen molar-refractivity contribution in [3.8, 4) is 0 Å². The molecule has 2 aromatic rings. The number of amides is 1. The van der Waals surface area contributed by atoms with E-state index in [-0.39, 0.29) is 11.4 Å². The van der Waals surface area contributed by atoms with Crippen LogP contribution in [0.3, 0.4) is 0 Å². The minimum absolute atomic E-state index is 0.0365. The summed E-state index contributed by atoms with van der Waals surface area (Å²) in [7, 11) is 2.10. The van der Waals surface area contributed by atoms with Gasteiger partial charge in [-0.1, -0.05) is 41.4 Å². The van der Waals surface area contributed by atoms with Crippen LogP contribution < -0.4 is 10.2 Å². The van der Waals surface area contributed by atoms with Crippen LogP contribution in [0, 0.1) is 0 Å². The van der Waals surface area contributed by atoms with E-state index in [1.165, 1.54) is 28.6 Å². The van der Waals surface area contributed by atoms with Crippen molar-refractivity contribution >= 4 is 69.1 Å². The van der Waals surface area contributed by atoms with Gasteiger partial charge in [0.05, 0.1) is 26.2 Å². The van der Waals surface area contributed by atoms with E-state index >= 15 is 0 Å². The van der Waals surface area contributed by atoms with Crippen LogP contribution in [0.4, 0.5) is 11.4 Å². The maximum Gasteiger partial charge on any atom is 0.264 e. The Morgan fingerprint density at radius 1 is 1.20 bits per heavy atom. The lowest BCUT2D eigenvalue weighted by Crippen LogP contribution is -2.42. The molecule has 1 fully saturated rings. The van der Waals surface area contributed by atoms with E-state index in [0.29, 0.717) is 25.8 Å². The standard InChI is InChI=1S/C23H21Cl2N3OS/c1-13-12-23(2,3)28(4)18-9-8-14(10-15(13)18)11-19-21(29)27-22(30-19)26-17-7-5-6-16(24)20(17)25/h5-12H,1-4H3,(H,26,27,29)/b19-11-. The highest BCUT2D eigenvalue weighted by Gasteiger charge is 2.29. The average Bonchev–Trinajstić information content (AvgIpc) is 3.02. The predicted octanol–water partition coefficient (Wildman–Crippen LogP) is 6.52. The van der Waals surface area contributed by atoms with Crippen molar-refractivity contribution < 1.29 is 4.79 Å². The molecular formula is C23H21Cl2N3OS. The van der Waals surface area contributed by atoms with E-state index in [9.17, 15) is 4.79 Å². The summed E-state index contributed by atoms with van der Waals surface area (Å²) in [6, 6.07) is 11.5. The first kappa shape index (κ1) is 21.0. The summed E-state index contributed by atoms with van der Waals surface area (Å²) in [6.45, 7) is 6.52. The van der Waals surface area contributed by atoms with Crippen molar-refractivity contribution in [1.82, 2.24) is 5.32 Å². The van der Waals surface area contributed by atoms with Gasteiger partial charge in [-0.15, -0.1) is 0 Å². The van der Waals surface area contributed by atoms with Gasteiger partial charge in [-0.25, -0.2) is 4.99 Å². The maximum atomic E-state index is 12.5. The first-order chi connectivity index (χ1) is 14.2. The Bertz CT molecular complexity index is 1150. The number of fused-ring (bicyclic) bond motifs is 1. The van der Waals surface area contributed by atoms with Gasteiger partial charge in [0.1, 0.15) is 0 Å². The second kappa shape index (κ2) is 7.80. The van der Waals surface area contributed by atoms with E-state index in [4.69, 9.17) is 23.2 Å². The van der Waals surface area contributed by atoms with Gasteiger partial charge in [0.25, 0.3) is 5.91 Å². The van der Waals surface area contributed by atoms with Gasteiger partial charge in [-0.2, -0.15) is 0 Å². The van der Waals surface area contributed by atoms with Crippen LogP contribution in [0.5, 0.6) is 0 Å². The Balaban J connectivity index is 1.63. The van der Waals surface area contributed by atoms with Gasteiger partial charge in [0.15, 0.2) is 5.17 Å². The molecule has 7 heteroatoms. The number of benzene rings is 2. The molecule has 2 aromatic carbocycles. The van der Waals surface area contributed by atoms with Gasteiger partial charge >= 0.3 is 0 Å². The van der Waals surface area contributed by atoms with E-state index in [0.717, 1.165) is 5.56 Å². The largest absolute Gasteiger partial charge is 0.366 e. The summed E-state index contributed by atoms with van der Waals surface area (Å²) in [6.07, 6.45) is 4.15. The number of allylic oxidation sites excluding steroid dienone is 1. The van der Waals surface area contributed by atoms with Crippen LogP contribution in [0.25, 0.3) is 11.6 Å². The lowest BCUT2D eigenvalue weighted by molar-refractivity contribution is -0.115. The molecule has 1 N–H and O–H groups in total. The number of carbonyl (C=O) groups is 1. The highest BCUT2D eigenvalue weighted by molar-refractivity contribution is 8.18. The molecule has 4 rings (SSSR count). The molecule has 0 aromatic heterocycles. The molecule has 154 valence electrons. The van der Waals surface area contributed by atoms with Crippen molar-refractivity contribution in [2.75, 3.05) is 11.9 Å². The molecule has 4 nitrogen and oxygen atoms in total. The lowest BCUT2D eigenvalue weighted by atomic mass is 9.88. The van der Waals surface area contributed by atoms with Crippen molar-refractivity contribution in [2.45, 2.75) is 26.3 Å². The minimum atomic E-state index is -0.180. The number of likely N-dealkylation sites (N-methyl/N-ethyl adjacent to an activating group) is 1. The van der Waals surface area contributed by atoms with Gasteiger partial charge < -0.3 is 10.2 Å². The summed E-state index contributed by atoms with van der Waals surface area (Å²) in [5.74, 6) is -0.180. The smallest absolute Gasteiger partial charge is 0.264 e. The first-order valence-corrected chi connectivity index (χ1v) is 11.0. The van der Waals surface area contributed by atoms with Crippen LogP contribution >= 0.6 is 35.0 Å². The third kappa shape index (κ3) is 3.89. The molecular weight excluding hydrogens is 437 g/mol. The molecule has 2 heterocycles. The zero-order valence-electron chi connectivity index (χ0n) is 17.1. The Hall–Kier alpha value is -2.21. The fourth-order valence-electron chi connectivity index (χ4n) is 3.59. The zero-order valence-corrected chi connectivity index (χ0v) is 19.4. The number of carbonyl (C=O) groups excluding carboxylic acids is 1. The Morgan fingerprint density at radius 2 is 1.97 bits per heavy atom. The quantitative estimate of drug-likeness (QED) is 0.522. The molecule has 1 amide bonds. The molecule has 0 aliphatic carbocycles. The summed E-state index contributed by atoms with van der Waals surface area (Å²) in [4.78, 5) is 19.8. The number of anilines is 1. The highest BCUT2D eigenvalue weighted by atomic mass is 35.5. The molecule has 30 heavy (non-hydrogen) atoms. The van der Waals surface area contributed by atoms with Crippen molar-refractivity contribution in [2.24, 2.45) is 4.99 Å². The first-order valence-electron chi connectivity index (χ1n) is 9.47. The topological polar surface area (TPSA) is 44.7 Å². The molecule has 0 saturated carbocycles.